The van der Waals surface area contributed by atoms with Gasteiger partial charge in [0.05, 0.1) is 6.10 Å². The van der Waals surface area contributed by atoms with E-state index < -0.39 is 0 Å². The number of carbonyl (C=O) groups excluding carboxylic acids is 1. The number of Topliss-reactive ketones (excluding diaryl/α,β-unsaturated/α-hetero) is 1. The van der Waals surface area contributed by atoms with Crippen LogP contribution in [0.5, 0.6) is 0 Å². The first-order valence-electron chi connectivity index (χ1n) is 5.61. The van der Waals surface area contributed by atoms with Gasteiger partial charge in [0.25, 0.3) is 0 Å². The minimum absolute atomic E-state index is 0.0960. The molecule has 0 spiro atoms. The Labute approximate surface area is 95.9 Å². The number of hydrogen-bond acceptors (Lipinski definition) is 2. The summed E-state index contributed by atoms with van der Waals surface area (Å²) in [5, 5.41) is 0. The molecule has 16 heavy (non-hydrogen) atoms. The molecule has 0 aliphatic heterocycles. The van der Waals surface area contributed by atoms with Crippen molar-refractivity contribution in [3.05, 3.63) is 18.2 Å². The van der Waals surface area contributed by atoms with Gasteiger partial charge < -0.3 is 10.3 Å². The third kappa shape index (κ3) is 2.87. The summed E-state index contributed by atoms with van der Waals surface area (Å²) >= 11 is 0. The number of ketones is 1. The molecule has 88 valence electrons. The lowest BCUT2D eigenvalue weighted by Gasteiger charge is -2.32. The van der Waals surface area contributed by atoms with Crippen molar-refractivity contribution in [2.45, 2.75) is 31.8 Å². The van der Waals surface area contributed by atoms with E-state index in [9.17, 15) is 4.79 Å². The molecule has 4 nitrogen and oxygen atoms in total. The van der Waals surface area contributed by atoms with E-state index in [1.54, 1.807) is 13.2 Å². The lowest BCUT2D eigenvalue weighted by Crippen LogP contribution is -2.36. The summed E-state index contributed by atoms with van der Waals surface area (Å²) < 4.78 is 5.32. The summed E-state index contributed by atoms with van der Waals surface area (Å²) in [7, 11) is 1.63. The van der Waals surface area contributed by atoms with Gasteiger partial charge in [0.15, 0.2) is 0 Å². The van der Waals surface area contributed by atoms with Gasteiger partial charge in [-0.1, -0.05) is 18.9 Å². The highest BCUT2D eigenvalue weighted by Crippen LogP contribution is 2.34. The Kier molecular flexibility index (Phi) is 5.09. The van der Waals surface area contributed by atoms with Gasteiger partial charge >= 0.3 is 6.21 Å². The number of nitrogens with zero attached hydrogens (tertiary/aromatic N) is 2. The Morgan fingerprint density at radius 1 is 1.56 bits per heavy atom. The molecule has 0 radical (unpaired) electrons. The first kappa shape index (κ1) is 12.8. The summed E-state index contributed by atoms with van der Waals surface area (Å²) in [6.45, 7) is 3.73. The highest BCUT2D eigenvalue weighted by atomic mass is 16.5. The van der Waals surface area contributed by atoms with Crippen molar-refractivity contribution < 1.29 is 14.3 Å². The first-order chi connectivity index (χ1) is 7.74. The average molecular weight is 222 g/mol. The summed E-state index contributed by atoms with van der Waals surface area (Å²) in [4.78, 5) is 14.6. The summed E-state index contributed by atoms with van der Waals surface area (Å²) in [5.74, 6) is -0.0644. The van der Waals surface area contributed by atoms with Crippen LogP contribution in [-0.4, -0.2) is 30.0 Å². The van der Waals surface area contributed by atoms with Crippen molar-refractivity contribution in [3.63, 3.8) is 0 Å². The zero-order valence-electron chi connectivity index (χ0n) is 9.63. The van der Waals surface area contributed by atoms with Gasteiger partial charge in [-0.15, -0.1) is 6.58 Å². The average Bonchev–Trinajstić information content (AvgIpc) is 2.31. The smallest absolute Gasteiger partial charge is 0.323 e. The maximum Gasteiger partial charge on any atom is 0.323 e. The van der Waals surface area contributed by atoms with Crippen LogP contribution in [0, 0.1) is 11.8 Å². The van der Waals surface area contributed by atoms with E-state index in [2.05, 4.69) is 11.4 Å². The third-order valence-electron chi connectivity index (χ3n) is 3.30. The summed E-state index contributed by atoms with van der Waals surface area (Å²) in [6.07, 6.45) is 6.59. The lowest BCUT2D eigenvalue weighted by molar-refractivity contribution is -0.124. The third-order valence-corrected chi connectivity index (χ3v) is 3.30. The van der Waals surface area contributed by atoms with Gasteiger partial charge in [-0.25, -0.2) is 0 Å². The number of ether oxygens (including phenoxy) is 1. The first-order valence-corrected chi connectivity index (χ1v) is 5.61. The van der Waals surface area contributed by atoms with E-state index >= 15 is 0 Å². The molecule has 0 aromatic rings. The second-order valence-electron chi connectivity index (χ2n) is 4.14. The van der Waals surface area contributed by atoms with Crippen LogP contribution in [0.1, 0.15) is 25.7 Å². The minimum Gasteiger partial charge on any atom is -0.377 e. The molecule has 0 unspecified atom stereocenters. The lowest BCUT2D eigenvalue weighted by atomic mass is 9.74. The molecule has 1 rings (SSSR count). The highest BCUT2D eigenvalue weighted by Gasteiger charge is 2.35. The van der Waals surface area contributed by atoms with Crippen LogP contribution >= 0.6 is 0 Å². The monoisotopic (exact) mass is 222 g/mol. The predicted molar refractivity (Wildman–Crippen MR) is 61.1 cm³/mol. The highest BCUT2D eigenvalue weighted by molar-refractivity contribution is 6.26. The molecular formula is C12H18N2O2. The van der Waals surface area contributed by atoms with E-state index in [0.717, 1.165) is 31.9 Å². The number of carbonyl (C=O) groups is 1. The summed E-state index contributed by atoms with van der Waals surface area (Å²) in [5.41, 5.74) is 8.40. The molecule has 0 bridgehead atoms. The molecule has 3 atom stereocenters. The van der Waals surface area contributed by atoms with Gasteiger partial charge in [-0.05, 0) is 18.8 Å². The maximum atomic E-state index is 11.7. The largest absolute Gasteiger partial charge is 0.377 e. The minimum atomic E-state index is -0.115. The summed E-state index contributed by atoms with van der Waals surface area (Å²) in [6, 6.07) is 0. The van der Waals surface area contributed by atoms with E-state index in [1.165, 1.54) is 0 Å². The maximum absolute atomic E-state index is 11.7. The molecule has 0 heterocycles. The Hall–Kier alpha value is -1.25. The SMILES string of the molecule is C=C[C@H](OC)[C@@H]1CCCC[C@H]1C(=O)C=[N+]=[N-]. The molecule has 1 aliphatic rings. The van der Waals surface area contributed by atoms with Crippen molar-refractivity contribution in [3.8, 4) is 0 Å². The van der Waals surface area contributed by atoms with Gasteiger partial charge in [-0.2, -0.15) is 4.79 Å². The van der Waals surface area contributed by atoms with Crippen molar-refractivity contribution in [1.29, 1.82) is 0 Å². The second-order valence-corrected chi connectivity index (χ2v) is 4.14. The fraction of sp³-hybridized carbons (Fsp3) is 0.667. The molecule has 1 saturated carbocycles. The van der Waals surface area contributed by atoms with E-state index in [1.807, 2.05) is 0 Å². The van der Waals surface area contributed by atoms with Crippen molar-refractivity contribution in [1.82, 2.24) is 0 Å². The Morgan fingerprint density at radius 3 is 2.81 bits per heavy atom. The predicted octanol–water partition coefficient (Wildman–Crippen LogP) is 1.86. The number of hydrogen-bond donors (Lipinski definition) is 0. The van der Waals surface area contributed by atoms with Crippen molar-refractivity contribution in [2.75, 3.05) is 7.11 Å². The van der Waals surface area contributed by atoms with Crippen LogP contribution in [0.2, 0.25) is 0 Å². The van der Waals surface area contributed by atoms with Crippen LogP contribution in [0.4, 0.5) is 0 Å². The van der Waals surface area contributed by atoms with Crippen LogP contribution in [0.3, 0.4) is 0 Å². The van der Waals surface area contributed by atoms with Crippen molar-refractivity contribution >= 4 is 12.0 Å². The van der Waals surface area contributed by atoms with E-state index in [-0.39, 0.29) is 23.7 Å². The Morgan fingerprint density at radius 2 is 2.25 bits per heavy atom. The molecule has 4 heteroatoms. The van der Waals surface area contributed by atoms with E-state index in [0.29, 0.717) is 0 Å². The van der Waals surface area contributed by atoms with Gasteiger partial charge in [-0.3, -0.25) is 4.79 Å². The van der Waals surface area contributed by atoms with Crippen LogP contribution in [-0.2, 0) is 9.53 Å². The molecule has 0 aromatic carbocycles. The van der Waals surface area contributed by atoms with Gasteiger partial charge in [0, 0.05) is 13.0 Å². The fourth-order valence-electron chi connectivity index (χ4n) is 2.50. The van der Waals surface area contributed by atoms with Crippen LogP contribution in [0.15, 0.2) is 12.7 Å². The molecule has 0 saturated heterocycles. The molecule has 0 N–H and O–H groups in total. The van der Waals surface area contributed by atoms with E-state index in [4.69, 9.17) is 10.3 Å². The Bertz CT molecular complexity index is 308. The van der Waals surface area contributed by atoms with Crippen LogP contribution in [0.25, 0.3) is 5.53 Å². The Balaban J connectivity index is 2.81. The second kappa shape index (κ2) is 6.36. The fourth-order valence-corrected chi connectivity index (χ4v) is 2.50. The normalized spacial score (nSPS) is 26.6. The number of rotatable bonds is 5. The van der Waals surface area contributed by atoms with Gasteiger partial charge in [0.2, 0.25) is 5.78 Å². The number of methoxy groups -OCH3 is 1. The zero-order valence-corrected chi connectivity index (χ0v) is 9.63. The topological polar surface area (TPSA) is 62.7 Å². The molecule has 0 amide bonds. The molecule has 1 fully saturated rings. The molecular weight excluding hydrogens is 204 g/mol. The quantitative estimate of drug-likeness (QED) is 0.308. The van der Waals surface area contributed by atoms with Gasteiger partial charge in [0.1, 0.15) is 0 Å². The molecule has 0 aromatic heterocycles. The van der Waals surface area contributed by atoms with Crippen LogP contribution < -0.4 is 0 Å². The molecule has 1 aliphatic carbocycles. The van der Waals surface area contributed by atoms with Crippen molar-refractivity contribution in [2.24, 2.45) is 11.8 Å². The zero-order chi connectivity index (χ0) is 12.0. The standard InChI is InChI=1S/C12H18N2O2/c1-3-12(16-2)10-7-5-4-6-9(10)11(15)8-14-13/h3,8-10,12H,1,4-7H2,2H3/t9-,10-,12+/m1/s1.